The standard InChI is InChI=1S/C9H14N2O/c1-7-3-4-8(11-5-7)9(2,10)6-12/h3-5,12H,6,10H2,1-2H3/t9-/m0/s1. The van der Waals surface area contributed by atoms with Gasteiger partial charge in [-0.15, -0.1) is 0 Å². The number of aliphatic hydroxyl groups excluding tert-OH is 1. The van der Waals surface area contributed by atoms with Crippen LogP contribution < -0.4 is 5.73 Å². The van der Waals surface area contributed by atoms with Gasteiger partial charge in [-0.25, -0.2) is 0 Å². The zero-order chi connectivity index (χ0) is 9.19. The van der Waals surface area contributed by atoms with Crippen LogP contribution in [0.1, 0.15) is 18.2 Å². The normalized spacial score (nSPS) is 15.7. The summed E-state index contributed by atoms with van der Waals surface area (Å²) in [5.41, 5.74) is 6.85. The Kier molecular flexibility index (Phi) is 2.45. The van der Waals surface area contributed by atoms with Gasteiger partial charge in [0.05, 0.1) is 17.8 Å². The minimum Gasteiger partial charge on any atom is -0.394 e. The molecule has 0 aromatic carbocycles. The van der Waals surface area contributed by atoms with Crippen molar-refractivity contribution < 1.29 is 5.11 Å². The monoisotopic (exact) mass is 166 g/mol. The molecule has 3 N–H and O–H groups in total. The molecule has 1 aromatic rings. The smallest absolute Gasteiger partial charge is 0.0789 e. The molecule has 1 heterocycles. The minimum absolute atomic E-state index is 0.0942. The van der Waals surface area contributed by atoms with Crippen LogP contribution in [-0.4, -0.2) is 16.7 Å². The van der Waals surface area contributed by atoms with Gasteiger partial charge in [0.25, 0.3) is 0 Å². The molecule has 0 aliphatic carbocycles. The molecule has 1 aromatic heterocycles. The lowest BCUT2D eigenvalue weighted by molar-refractivity contribution is 0.206. The number of hydrogen-bond donors (Lipinski definition) is 2. The van der Waals surface area contributed by atoms with Gasteiger partial charge in [-0.1, -0.05) is 6.07 Å². The minimum atomic E-state index is -0.728. The second-order valence-electron chi connectivity index (χ2n) is 3.30. The lowest BCUT2D eigenvalue weighted by Crippen LogP contribution is -2.37. The molecule has 0 saturated heterocycles. The predicted octanol–water partition coefficient (Wildman–Crippen LogP) is 0.556. The zero-order valence-electron chi connectivity index (χ0n) is 7.41. The third-order valence-electron chi connectivity index (χ3n) is 1.82. The molecule has 1 rings (SSSR count). The van der Waals surface area contributed by atoms with Crippen molar-refractivity contribution in [1.82, 2.24) is 4.98 Å². The van der Waals surface area contributed by atoms with E-state index < -0.39 is 5.54 Å². The van der Waals surface area contributed by atoms with Crippen LogP contribution in [0.5, 0.6) is 0 Å². The fraction of sp³-hybridized carbons (Fsp3) is 0.444. The van der Waals surface area contributed by atoms with Crippen LogP contribution >= 0.6 is 0 Å². The Labute approximate surface area is 72.2 Å². The summed E-state index contributed by atoms with van der Waals surface area (Å²) in [4.78, 5) is 4.14. The maximum absolute atomic E-state index is 8.95. The molecule has 3 heteroatoms. The first-order chi connectivity index (χ1) is 5.56. The highest BCUT2D eigenvalue weighted by Crippen LogP contribution is 2.13. The fourth-order valence-electron chi connectivity index (χ4n) is 0.887. The number of aromatic nitrogens is 1. The van der Waals surface area contributed by atoms with E-state index in [2.05, 4.69) is 4.98 Å². The van der Waals surface area contributed by atoms with E-state index in [1.807, 2.05) is 19.1 Å². The van der Waals surface area contributed by atoms with E-state index >= 15 is 0 Å². The number of aliphatic hydroxyl groups is 1. The Bertz CT molecular complexity index is 254. The van der Waals surface area contributed by atoms with Crippen molar-refractivity contribution in [2.24, 2.45) is 5.73 Å². The molecule has 0 fully saturated rings. The van der Waals surface area contributed by atoms with Crippen molar-refractivity contribution in [3.8, 4) is 0 Å². The second kappa shape index (κ2) is 3.21. The Balaban J connectivity index is 2.96. The predicted molar refractivity (Wildman–Crippen MR) is 47.6 cm³/mol. The molecular formula is C9H14N2O. The Morgan fingerprint density at radius 3 is 2.67 bits per heavy atom. The summed E-state index contributed by atoms with van der Waals surface area (Å²) in [5.74, 6) is 0. The number of pyridine rings is 1. The summed E-state index contributed by atoms with van der Waals surface area (Å²) in [6, 6.07) is 3.77. The van der Waals surface area contributed by atoms with Crippen molar-refractivity contribution in [2.75, 3.05) is 6.61 Å². The highest BCUT2D eigenvalue weighted by atomic mass is 16.3. The molecule has 0 aliphatic heterocycles. The van der Waals surface area contributed by atoms with E-state index in [9.17, 15) is 0 Å². The van der Waals surface area contributed by atoms with Crippen LogP contribution in [0.25, 0.3) is 0 Å². The Hall–Kier alpha value is -0.930. The van der Waals surface area contributed by atoms with Crippen molar-refractivity contribution in [3.05, 3.63) is 29.6 Å². The van der Waals surface area contributed by atoms with Crippen LogP contribution in [0.3, 0.4) is 0 Å². The summed E-state index contributed by atoms with van der Waals surface area (Å²) >= 11 is 0. The van der Waals surface area contributed by atoms with E-state index in [4.69, 9.17) is 10.8 Å². The molecule has 0 bridgehead atoms. The Morgan fingerprint density at radius 1 is 1.58 bits per heavy atom. The van der Waals surface area contributed by atoms with Crippen LogP contribution in [0, 0.1) is 6.92 Å². The van der Waals surface area contributed by atoms with Gasteiger partial charge in [0.1, 0.15) is 0 Å². The quantitative estimate of drug-likeness (QED) is 0.674. The number of rotatable bonds is 2. The van der Waals surface area contributed by atoms with Crippen molar-refractivity contribution in [3.63, 3.8) is 0 Å². The molecule has 0 radical (unpaired) electrons. The van der Waals surface area contributed by atoms with Gasteiger partial charge in [-0.2, -0.15) is 0 Å². The van der Waals surface area contributed by atoms with Crippen LogP contribution in [0.4, 0.5) is 0 Å². The molecule has 0 aliphatic rings. The molecule has 1 atom stereocenters. The molecule has 0 saturated carbocycles. The molecule has 12 heavy (non-hydrogen) atoms. The van der Waals surface area contributed by atoms with Gasteiger partial charge in [0.15, 0.2) is 0 Å². The maximum atomic E-state index is 8.95. The summed E-state index contributed by atoms with van der Waals surface area (Å²) in [6.07, 6.45) is 1.75. The first kappa shape index (κ1) is 9.16. The molecule has 66 valence electrons. The molecule has 0 spiro atoms. The lowest BCUT2D eigenvalue weighted by atomic mass is 10.00. The van der Waals surface area contributed by atoms with Crippen molar-refractivity contribution >= 4 is 0 Å². The highest BCUT2D eigenvalue weighted by Gasteiger charge is 2.20. The number of aryl methyl sites for hydroxylation is 1. The second-order valence-corrected chi connectivity index (χ2v) is 3.30. The molecule has 3 nitrogen and oxygen atoms in total. The topological polar surface area (TPSA) is 59.1 Å². The molecule has 0 amide bonds. The first-order valence-corrected chi connectivity index (χ1v) is 3.89. The average molecular weight is 166 g/mol. The van der Waals surface area contributed by atoms with Crippen molar-refractivity contribution in [2.45, 2.75) is 19.4 Å². The Morgan fingerprint density at radius 2 is 2.25 bits per heavy atom. The van der Waals surface area contributed by atoms with Gasteiger partial charge in [-0.05, 0) is 25.5 Å². The van der Waals surface area contributed by atoms with Crippen LogP contribution in [0.15, 0.2) is 18.3 Å². The number of nitrogens with zero attached hydrogens (tertiary/aromatic N) is 1. The van der Waals surface area contributed by atoms with E-state index in [1.165, 1.54) is 0 Å². The molecule has 0 unspecified atom stereocenters. The first-order valence-electron chi connectivity index (χ1n) is 3.89. The zero-order valence-corrected chi connectivity index (χ0v) is 7.41. The third kappa shape index (κ3) is 1.81. The van der Waals surface area contributed by atoms with Crippen LogP contribution in [-0.2, 0) is 5.54 Å². The number of hydrogen-bond acceptors (Lipinski definition) is 3. The SMILES string of the molecule is Cc1ccc([C@@](C)(N)CO)nc1. The summed E-state index contributed by atoms with van der Waals surface area (Å²) < 4.78 is 0. The maximum Gasteiger partial charge on any atom is 0.0789 e. The molecular weight excluding hydrogens is 152 g/mol. The average Bonchev–Trinajstić information content (AvgIpc) is 2.05. The van der Waals surface area contributed by atoms with Gasteiger partial charge in [0.2, 0.25) is 0 Å². The highest BCUT2D eigenvalue weighted by molar-refractivity contribution is 5.18. The van der Waals surface area contributed by atoms with Crippen molar-refractivity contribution in [1.29, 1.82) is 0 Å². The van der Waals surface area contributed by atoms with Gasteiger partial charge >= 0.3 is 0 Å². The largest absolute Gasteiger partial charge is 0.394 e. The van der Waals surface area contributed by atoms with E-state index in [0.29, 0.717) is 0 Å². The van der Waals surface area contributed by atoms with E-state index in [0.717, 1.165) is 11.3 Å². The van der Waals surface area contributed by atoms with Crippen LogP contribution in [0.2, 0.25) is 0 Å². The van der Waals surface area contributed by atoms with E-state index in [1.54, 1.807) is 13.1 Å². The summed E-state index contributed by atoms with van der Waals surface area (Å²) in [6.45, 7) is 3.62. The lowest BCUT2D eigenvalue weighted by Gasteiger charge is -2.20. The fourth-order valence-corrected chi connectivity index (χ4v) is 0.887. The third-order valence-corrected chi connectivity index (χ3v) is 1.82. The number of nitrogens with two attached hydrogens (primary N) is 1. The summed E-state index contributed by atoms with van der Waals surface area (Å²) in [5, 5.41) is 8.95. The van der Waals surface area contributed by atoms with Gasteiger partial charge < -0.3 is 10.8 Å². The van der Waals surface area contributed by atoms with E-state index in [-0.39, 0.29) is 6.61 Å². The van der Waals surface area contributed by atoms with Gasteiger partial charge in [0, 0.05) is 6.20 Å². The van der Waals surface area contributed by atoms with Gasteiger partial charge in [-0.3, -0.25) is 4.98 Å². The summed E-state index contributed by atoms with van der Waals surface area (Å²) in [7, 11) is 0.